The third kappa shape index (κ3) is 3.04. The number of carbonyl (C=O) groups excluding carboxylic acids is 1. The van der Waals surface area contributed by atoms with Gasteiger partial charge in [0, 0.05) is 13.1 Å². The van der Waals surface area contributed by atoms with Crippen molar-refractivity contribution in [2.24, 2.45) is 0 Å². The number of carbonyl (C=O) groups is 1. The van der Waals surface area contributed by atoms with Crippen LogP contribution in [0.1, 0.15) is 33.3 Å². The van der Waals surface area contributed by atoms with Crippen molar-refractivity contribution in [3.8, 4) is 0 Å². The lowest BCUT2D eigenvalue weighted by Crippen LogP contribution is -2.30. The highest BCUT2D eigenvalue weighted by atomic mass is 32.1. The van der Waals surface area contributed by atoms with Gasteiger partial charge in [0.1, 0.15) is 0 Å². The average molecular weight is 273 g/mol. The molecular weight excluding hydrogens is 254 g/mol. The summed E-state index contributed by atoms with van der Waals surface area (Å²) in [4.78, 5) is 15.3. The van der Waals surface area contributed by atoms with Crippen LogP contribution in [0.2, 0.25) is 0 Å². The van der Waals surface area contributed by atoms with Crippen molar-refractivity contribution in [1.29, 1.82) is 0 Å². The Balaban J connectivity index is 2.20. The number of amides is 1. The van der Waals surface area contributed by atoms with E-state index < -0.39 is 0 Å². The summed E-state index contributed by atoms with van der Waals surface area (Å²) in [5.41, 5.74) is 3.52. The van der Waals surface area contributed by atoms with Gasteiger partial charge < -0.3 is 4.90 Å². The molecule has 1 amide bonds. The Morgan fingerprint density at radius 1 is 1.16 bits per heavy atom. The maximum atomic E-state index is 12.5. The van der Waals surface area contributed by atoms with Gasteiger partial charge in [0.05, 0.1) is 4.88 Å². The average Bonchev–Trinajstić information content (AvgIpc) is 2.83. The third-order valence-electron chi connectivity index (χ3n) is 3.35. The number of thiophene rings is 1. The van der Waals surface area contributed by atoms with Gasteiger partial charge >= 0.3 is 0 Å². The van der Waals surface area contributed by atoms with E-state index >= 15 is 0 Å². The monoisotopic (exact) mass is 273 g/mol. The molecule has 0 fully saturated rings. The Morgan fingerprint density at radius 2 is 1.89 bits per heavy atom. The highest BCUT2D eigenvalue weighted by molar-refractivity contribution is 7.12. The molecule has 1 heterocycles. The topological polar surface area (TPSA) is 20.3 Å². The lowest BCUT2D eigenvalue weighted by Gasteiger charge is -2.21. The molecule has 0 aliphatic carbocycles. The van der Waals surface area contributed by atoms with E-state index in [-0.39, 0.29) is 5.91 Å². The van der Waals surface area contributed by atoms with E-state index in [9.17, 15) is 4.79 Å². The van der Waals surface area contributed by atoms with Crippen molar-refractivity contribution in [2.45, 2.75) is 27.3 Å². The van der Waals surface area contributed by atoms with Crippen LogP contribution in [0, 0.1) is 13.8 Å². The Bertz CT molecular complexity index is 574. The first-order valence-corrected chi connectivity index (χ1v) is 7.39. The quantitative estimate of drug-likeness (QED) is 0.823. The van der Waals surface area contributed by atoms with Gasteiger partial charge in [-0.05, 0) is 48.9 Å². The minimum absolute atomic E-state index is 0.137. The molecule has 2 rings (SSSR count). The van der Waals surface area contributed by atoms with Gasteiger partial charge in [0.15, 0.2) is 0 Å². The molecule has 2 nitrogen and oxygen atoms in total. The largest absolute Gasteiger partial charge is 0.334 e. The molecule has 0 unspecified atom stereocenters. The third-order valence-corrected chi connectivity index (χ3v) is 4.35. The van der Waals surface area contributed by atoms with Gasteiger partial charge in [-0.1, -0.05) is 24.3 Å². The van der Waals surface area contributed by atoms with Crippen LogP contribution >= 0.6 is 11.3 Å². The summed E-state index contributed by atoms with van der Waals surface area (Å²) >= 11 is 1.52. The molecule has 0 aliphatic heterocycles. The summed E-state index contributed by atoms with van der Waals surface area (Å²) in [5, 5.41) is 1.98. The van der Waals surface area contributed by atoms with Crippen molar-refractivity contribution in [2.75, 3.05) is 6.54 Å². The smallest absolute Gasteiger partial charge is 0.264 e. The lowest BCUT2D eigenvalue weighted by molar-refractivity contribution is 0.0756. The first-order valence-electron chi connectivity index (χ1n) is 6.51. The van der Waals surface area contributed by atoms with Gasteiger partial charge in [-0.15, -0.1) is 11.3 Å². The number of hydrogen-bond acceptors (Lipinski definition) is 2. The van der Waals surface area contributed by atoms with Gasteiger partial charge in [-0.3, -0.25) is 4.79 Å². The van der Waals surface area contributed by atoms with Gasteiger partial charge in [0.2, 0.25) is 0 Å². The summed E-state index contributed by atoms with van der Waals surface area (Å²) in [6.07, 6.45) is 0. The molecule has 0 saturated heterocycles. The zero-order valence-corrected chi connectivity index (χ0v) is 12.5. The predicted molar refractivity (Wildman–Crippen MR) is 80.6 cm³/mol. The van der Waals surface area contributed by atoms with E-state index in [1.165, 1.54) is 22.5 Å². The number of aryl methyl sites for hydroxylation is 2. The van der Waals surface area contributed by atoms with Crippen LogP contribution in [0.5, 0.6) is 0 Å². The second-order valence-electron chi connectivity index (χ2n) is 4.68. The van der Waals surface area contributed by atoms with E-state index in [4.69, 9.17) is 0 Å². The van der Waals surface area contributed by atoms with E-state index in [1.807, 2.05) is 42.3 Å². The van der Waals surface area contributed by atoms with E-state index in [0.717, 1.165) is 17.0 Å². The molecule has 0 aliphatic rings. The minimum Gasteiger partial charge on any atom is -0.334 e. The Kier molecular flexibility index (Phi) is 4.38. The van der Waals surface area contributed by atoms with Gasteiger partial charge in [-0.2, -0.15) is 0 Å². The molecule has 0 N–H and O–H groups in total. The predicted octanol–water partition coefficient (Wildman–Crippen LogP) is 4.03. The van der Waals surface area contributed by atoms with Crippen molar-refractivity contribution < 1.29 is 4.79 Å². The highest BCUT2D eigenvalue weighted by Crippen LogP contribution is 2.20. The maximum absolute atomic E-state index is 12.5. The summed E-state index contributed by atoms with van der Waals surface area (Å²) in [6.45, 7) is 7.51. The summed E-state index contributed by atoms with van der Waals surface area (Å²) in [7, 11) is 0. The number of rotatable bonds is 4. The standard InChI is InChI=1S/C16H19NOS/c1-4-17(11-14-8-6-5-7-12(14)2)16(18)15-13(3)9-10-19-15/h5-10H,4,11H2,1-3H3. The van der Waals surface area contributed by atoms with E-state index in [0.29, 0.717) is 6.54 Å². The molecule has 3 heteroatoms. The van der Waals surface area contributed by atoms with Crippen LogP contribution in [0.15, 0.2) is 35.7 Å². The molecule has 1 aromatic heterocycles. The second kappa shape index (κ2) is 6.02. The Labute approximate surface area is 118 Å². The number of hydrogen-bond donors (Lipinski definition) is 0. The molecule has 19 heavy (non-hydrogen) atoms. The molecule has 1 aromatic carbocycles. The van der Waals surface area contributed by atoms with Crippen LogP contribution in [-0.2, 0) is 6.54 Å². The Hall–Kier alpha value is -1.61. The number of nitrogens with zero attached hydrogens (tertiary/aromatic N) is 1. The lowest BCUT2D eigenvalue weighted by atomic mass is 10.1. The molecule has 0 bridgehead atoms. The maximum Gasteiger partial charge on any atom is 0.264 e. The second-order valence-corrected chi connectivity index (χ2v) is 5.59. The van der Waals surface area contributed by atoms with Gasteiger partial charge in [-0.25, -0.2) is 0 Å². The zero-order valence-electron chi connectivity index (χ0n) is 11.6. The molecule has 0 radical (unpaired) electrons. The molecule has 0 atom stereocenters. The summed E-state index contributed by atoms with van der Waals surface area (Å²) < 4.78 is 0. The van der Waals surface area contributed by atoms with Crippen molar-refractivity contribution in [1.82, 2.24) is 4.90 Å². The first kappa shape index (κ1) is 13.8. The Morgan fingerprint density at radius 3 is 2.47 bits per heavy atom. The van der Waals surface area contributed by atoms with Crippen LogP contribution in [0.4, 0.5) is 0 Å². The SMILES string of the molecule is CCN(Cc1ccccc1C)C(=O)c1sccc1C. The van der Waals surface area contributed by atoms with Crippen LogP contribution in [0.3, 0.4) is 0 Å². The van der Waals surface area contributed by atoms with Crippen molar-refractivity contribution in [3.05, 3.63) is 57.3 Å². The summed E-state index contributed by atoms with van der Waals surface area (Å²) in [5.74, 6) is 0.137. The highest BCUT2D eigenvalue weighted by Gasteiger charge is 2.18. The minimum atomic E-state index is 0.137. The van der Waals surface area contributed by atoms with Gasteiger partial charge in [0.25, 0.3) is 5.91 Å². The fraction of sp³-hybridized carbons (Fsp3) is 0.312. The van der Waals surface area contributed by atoms with E-state index in [2.05, 4.69) is 19.1 Å². The zero-order chi connectivity index (χ0) is 13.8. The molecule has 100 valence electrons. The van der Waals surface area contributed by atoms with Crippen LogP contribution in [0.25, 0.3) is 0 Å². The van der Waals surface area contributed by atoms with Crippen LogP contribution < -0.4 is 0 Å². The normalized spacial score (nSPS) is 10.5. The molecule has 0 spiro atoms. The molecule has 2 aromatic rings. The van der Waals surface area contributed by atoms with E-state index in [1.54, 1.807) is 0 Å². The first-order chi connectivity index (χ1) is 9.13. The number of benzene rings is 1. The van der Waals surface area contributed by atoms with Crippen LogP contribution in [-0.4, -0.2) is 17.4 Å². The molecule has 0 saturated carbocycles. The summed E-state index contributed by atoms with van der Waals surface area (Å²) in [6, 6.07) is 10.2. The fourth-order valence-corrected chi connectivity index (χ4v) is 2.95. The fourth-order valence-electron chi connectivity index (χ4n) is 2.06. The van der Waals surface area contributed by atoms with Crippen molar-refractivity contribution in [3.63, 3.8) is 0 Å². The molecular formula is C16H19NOS. The van der Waals surface area contributed by atoms with Crippen molar-refractivity contribution >= 4 is 17.2 Å².